The molecular formula is C9H13NO6S. The van der Waals surface area contributed by atoms with Gasteiger partial charge in [0.15, 0.2) is 10.6 Å². The first-order valence-corrected chi connectivity index (χ1v) is 5.86. The summed E-state index contributed by atoms with van der Waals surface area (Å²) in [6, 6.07) is 1.25. The summed E-state index contributed by atoms with van der Waals surface area (Å²) >= 11 is 0. The van der Waals surface area contributed by atoms with Gasteiger partial charge in [0.25, 0.3) is 0 Å². The van der Waals surface area contributed by atoms with Gasteiger partial charge in [0.1, 0.15) is 17.2 Å². The molecule has 8 heteroatoms. The Morgan fingerprint density at radius 2 is 1.65 bits per heavy atom. The number of benzene rings is 1. The third kappa shape index (κ3) is 2.37. The van der Waals surface area contributed by atoms with Crippen molar-refractivity contribution in [3.8, 4) is 17.2 Å². The molecule has 0 unspecified atom stereocenters. The van der Waals surface area contributed by atoms with Gasteiger partial charge in [-0.05, 0) is 0 Å². The highest BCUT2D eigenvalue weighted by molar-refractivity contribution is 7.86. The van der Waals surface area contributed by atoms with Crippen molar-refractivity contribution >= 4 is 15.8 Å². The minimum atomic E-state index is -4.52. The van der Waals surface area contributed by atoms with Crippen molar-refractivity contribution in [2.45, 2.75) is 4.90 Å². The van der Waals surface area contributed by atoms with E-state index in [9.17, 15) is 8.42 Å². The summed E-state index contributed by atoms with van der Waals surface area (Å²) in [6.45, 7) is 0. The Labute approximate surface area is 98.8 Å². The van der Waals surface area contributed by atoms with Gasteiger partial charge in [-0.1, -0.05) is 0 Å². The number of nitrogen functional groups attached to an aromatic ring is 1. The predicted octanol–water partition coefficient (Wildman–Crippen LogP) is 0.541. The highest BCUT2D eigenvalue weighted by Crippen LogP contribution is 2.43. The molecule has 7 nitrogen and oxygen atoms in total. The SMILES string of the molecule is COc1cc(OC)c(S(=O)(=O)O)c(OC)c1N. The average molecular weight is 263 g/mol. The Morgan fingerprint density at radius 3 is 2.00 bits per heavy atom. The zero-order valence-corrected chi connectivity index (χ0v) is 10.4. The standard InChI is InChI=1S/C9H13NO6S/c1-14-5-4-6(15-2)9(17(11,12)13)8(16-3)7(5)10/h4H,10H2,1-3H3,(H,11,12,13). The van der Waals surface area contributed by atoms with Crippen LogP contribution < -0.4 is 19.9 Å². The molecule has 0 aromatic heterocycles. The molecule has 17 heavy (non-hydrogen) atoms. The van der Waals surface area contributed by atoms with Crippen LogP contribution in [-0.2, 0) is 10.1 Å². The quantitative estimate of drug-likeness (QED) is 0.602. The Bertz CT molecular complexity index is 525. The number of rotatable bonds is 4. The molecule has 0 radical (unpaired) electrons. The van der Waals surface area contributed by atoms with E-state index in [1.54, 1.807) is 0 Å². The molecule has 0 aliphatic carbocycles. The summed E-state index contributed by atoms with van der Waals surface area (Å²) < 4.78 is 46.3. The molecule has 0 saturated heterocycles. The monoisotopic (exact) mass is 263 g/mol. The van der Waals surface area contributed by atoms with Crippen molar-refractivity contribution in [2.75, 3.05) is 27.1 Å². The smallest absolute Gasteiger partial charge is 0.302 e. The second-order valence-corrected chi connectivity index (χ2v) is 4.39. The van der Waals surface area contributed by atoms with Crippen LogP contribution >= 0.6 is 0 Å². The first-order valence-electron chi connectivity index (χ1n) is 4.42. The number of ether oxygens (including phenoxy) is 3. The molecule has 0 heterocycles. The lowest BCUT2D eigenvalue weighted by atomic mass is 10.2. The fourth-order valence-corrected chi connectivity index (χ4v) is 2.20. The van der Waals surface area contributed by atoms with Gasteiger partial charge in [-0.25, -0.2) is 0 Å². The highest BCUT2D eigenvalue weighted by atomic mass is 32.2. The summed E-state index contributed by atoms with van der Waals surface area (Å²) in [6.07, 6.45) is 0. The van der Waals surface area contributed by atoms with Crippen molar-refractivity contribution in [1.29, 1.82) is 0 Å². The molecule has 1 aromatic rings. The van der Waals surface area contributed by atoms with Gasteiger partial charge >= 0.3 is 10.1 Å². The Balaban J connectivity index is 3.74. The summed E-state index contributed by atoms with van der Waals surface area (Å²) in [5, 5.41) is 0. The van der Waals surface area contributed by atoms with Crippen LogP contribution in [0.25, 0.3) is 0 Å². The molecule has 3 N–H and O–H groups in total. The van der Waals surface area contributed by atoms with E-state index in [0.717, 1.165) is 0 Å². The Hall–Kier alpha value is -1.67. The van der Waals surface area contributed by atoms with E-state index in [1.165, 1.54) is 27.4 Å². The van der Waals surface area contributed by atoms with Crippen LogP contribution in [0.2, 0.25) is 0 Å². The largest absolute Gasteiger partial charge is 0.495 e. The van der Waals surface area contributed by atoms with E-state index < -0.39 is 15.0 Å². The average Bonchev–Trinajstić information content (AvgIpc) is 2.27. The van der Waals surface area contributed by atoms with Crippen molar-refractivity contribution in [2.24, 2.45) is 0 Å². The van der Waals surface area contributed by atoms with Gasteiger partial charge in [0.05, 0.1) is 21.3 Å². The molecule has 0 spiro atoms. The van der Waals surface area contributed by atoms with Crippen LogP contribution in [0, 0.1) is 0 Å². The van der Waals surface area contributed by atoms with Gasteiger partial charge in [-0.3, -0.25) is 4.55 Å². The normalized spacial score (nSPS) is 11.1. The van der Waals surface area contributed by atoms with Crippen molar-refractivity contribution in [3.05, 3.63) is 6.07 Å². The number of nitrogens with two attached hydrogens (primary N) is 1. The molecule has 0 aliphatic rings. The Morgan fingerprint density at radius 1 is 1.12 bits per heavy atom. The van der Waals surface area contributed by atoms with E-state index in [1.807, 2.05) is 0 Å². The van der Waals surface area contributed by atoms with E-state index >= 15 is 0 Å². The third-order valence-corrected chi connectivity index (χ3v) is 3.01. The molecule has 0 fully saturated rings. The third-order valence-electron chi connectivity index (χ3n) is 2.10. The minimum absolute atomic E-state index is 0.0385. The topological polar surface area (TPSA) is 108 Å². The molecular weight excluding hydrogens is 250 g/mol. The fourth-order valence-electron chi connectivity index (χ4n) is 1.38. The molecule has 1 aromatic carbocycles. The minimum Gasteiger partial charge on any atom is -0.495 e. The summed E-state index contributed by atoms with van der Waals surface area (Å²) in [5.74, 6) is -0.148. The Kier molecular flexibility index (Phi) is 3.69. The lowest BCUT2D eigenvalue weighted by Crippen LogP contribution is -2.08. The first-order chi connectivity index (χ1) is 7.86. The predicted molar refractivity (Wildman–Crippen MR) is 60.3 cm³/mol. The van der Waals surface area contributed by atoms with Gasteiger partial charge in [-0.15, -0.1) is 0 Å². The maximum absolute atomic E-state index is 11.2. The molecule has 96 valence electrons. The van der Waals surface area contributed by atoms with Gasteiger partial charge < -0.3 is 19.9 Å². The fraction of sp³-hybridized carbons (Fsp3) is 0.333. The lowest BCUT2D eigenvalue weighted by Gasteiger charge is -2.15. The van der Waals surface area contributed by atoms with Crippen molar-refractivity contribution in [1.82, 2.24) is 0 Å². The summed E-state index contributed by atoms with van der Waals surface area (Å²) in [5.41, 5.74) is 5.61. The summed E-state index contributed by atoms with van der Waals surface area (Å²) in [4.78, 5) is -0.527. The number of hydrogen-bond donors (Lipinski definition) is 2. The van der Waals surface area contributed by atoms with E-state index in [4.69, 9.17) is 24.5 Å². The number of methoxy groups -OCH3 is 3. The molecule has 0 aliphatic heterocycles. The first kappa shape index (κ1) is 13.4. The van der Waals surface area contributed by atoms with Crippen LogP contribution in [-0.4, -0.2) is 34.3 Å². The van der Waals surface area contributed by atoms with Gasteiger partial charge in [0.2, 0.25) is 0 Å². The second kappa shape index (κ2) is 4.68. The van der Waals surface area contributed by atoms with Crippen LogP contribution in [0.4, 0.5) is 5.69 Å². The van der Waals surface area contributed by atoms with Gasteiger partial charge in [0, 0.05) is 6.07 Å². The second-order valence-electron chi connectivity index (χ2n) is 3.03. The van der Waals surface area contributed by atoms with Crippen LogP contribution in [0.5, 0.6) is 17.2 Å². The van der Waals surface area contributed by atoms with E-state index in [-0.39, 0.29) is 22.9 Å². The molecule has 0 saturated carbocycles. The zero-order chi connectivity index (χ0) is 13.2. The molecule has 0 amide bonds. The maximum atomic E-state index is 11.2. The van der Waals surface area contributed by atoms with E-state index in [0.29, 0.717) is 0 Å². The van der Waals surface area contributed by atoms with E-state index in [2.05, 4.69) is 0 Å². The summed E-state index contributed by atoms with van der Waals surface area (Å²) in [7, 11) is -0.692. The van der Waals surface area contributed by atoms with Crippen LogP contribution in [0.1, 0.15) is 0 Å². The molecule has 1 rings (SSSR count). The lowest BCUT2D eigenvalue weighted by molar-refractivity contribution is 0.357. The maximum Gasteiger partial charge on any atom is 0.302 e. The molecule has 0 bridgehead atoms. The number of hydrogen-bond acceptors (Lipinski definition) is 6. The van der Waals surface area contributed by atoms with Crippen LogP contribution in [0.15, 0.2) is 11.0 Å². The molecule has 0 atom stereocenters. The van der Waals surface area contributed by atoms with Crippen molar-refractivity contribution < 1.29 is 27.2 Å². The highest BCUT2D eigenvalue weighted by Gasteiger charge is 2.27. The van der Waals surface area contributed by atoms with Gasteiger partial charge in [-0.2, -0.15) is 8.42 Å². The van der Waals surface area contributed by atoms with Crippen LogP contribution in [0.3, 0.4) is 0 Å². The number of anilines is 1. The zero-order valence-electron chi connectivity index (χ0n) is 9.55. The van der Waals surface area contributed by atoms with Crippen molar-refractivity contribution in [3.63, 3.8) is 0 Å².